The van der Waals surface area contributed by atoms with E-state index >= 15 is 0 Å². The predicted octanol–water partition coefficient (Wildman–Crippen LogP) is 9.19. The van der Waals surface area contributed by atoms with Crippen molar-refractivity contribution in [3.63, 3.8) is 0 Å². The Kier molecular flexibility index (Phi) is 13.2. The third kappa shape index (κ3) is 8.91. The molecule has 3 rings (SSSR count). The van der Waals surface area contributed by atoms with E-state index in [-0.39, 0.29) is 0 Å². The molecule has 0 spiro atoms. The zero-order chi connectivity index (χ0) is 24.4. The van der Waals surface area contributed by atoms with Crippen molar-refractivity contribution in [3.8, 4) is 0 Å². The van der Waals surface area contributed by atoms with E-state index in [4.69, 9.17) is 0 Å². The van der Waals surface area contributed by atoms with Gasteiger partial charge in [-0.3, -0.25) is 0 Å². The molecule has 0 bridgehead atoms. The van der Waals surface area contributed by atoms with Gasteiger partial charge < -0.3 is 0 Å². The van der Waals surface area contributed by atoms with Crippen LogP contribution in [-0.2, 0) is 0 Å². The summed E-state index contributed by atoms with van der Waals surface area (Å²) in [7, 11) is -2.03. The van der Waals surface area contributed by atoms with Crippen LogP contribution >= 0.6 is 7.26 Å². The molecular weight excluding hydrogens is 439 g/mol. The fourth-order valence-corrected chi connectivity index (χ4v) is 10.6. The van der Waals surface area contributed by atoms with Gasteiger partial charge in [-0.15, -0.1) is 0 Å². The molecule has 0 radical (unpaired) electrons. The van der Waals surface area contributed by atoms with E-state index in [1.54, 1.807) is 15.9 Å². The van der Waals surface area contributed by atoms with Gasteiger partial charge >= 0.3 is 191 Å². The van der Waals surface area contributed by atoms with Crippen molar-refractivity contribution in [2.24, 2.45) is 0 Å². The zero-order valence-electron chi connectivity index (χ0n) is 22.3. The molecule has 0 saturated carbocycles. The maximum atomic E-state index is 2.38. The fraction of sp³-hybridized carbons (Fsp3) is 0.471. The van der Waals surface area contributed by atoms with Gasteiger partial charge in [-0.05, 0) is 0 Å². The molecule has 0 amide bonds. The van der Waals surface area contributed by atoms with Crippen LogP contribution < -0.4 is 15.9 Å². The summed E-state index contributed by atoms with van der Waals surface area (Å²) in [6, 6.07) is 34.2. The summed E-state index contributed by atoms with van der Waals surface area (Å²) in [6.07, 6.45) is 21.1. The van der Waals surface area contributed by atoms with E-state index in [0.717, 1.165) is 0 Å². The van der Waals surface area contributed by atoms with Gasteiger partial charge in [-0.2, -0.15) is 0 Å². The Morgan fingerprint density at radius 2 is 0.657 bits per heavy atom. The summed E-state index contributed by atoms with van der Waals surface area (Å²) in [5, 5.41) is 4.64. The van der Waals surface area contributed by atoms with Gasteiger partial charge in [0.2, 0.25) is 0 Å². The van der Waals surface area contributed by atoms with Crippen LogP contribution in [0.2, 0.25) is 0 Å². The molecule has 0 N–H and O–H groups in total. The Labute approximate surface area is 216 Å². The molecule has 0 aliphatic carbocycles. The number of benzene rings is 3. The van der Waals surface area contributed by atoms with Crippen LogP contribution in [0.1, 0.15) is 96.8 Å². The van der Waals surface area contributed by atoms with Gasteiger partial charge in [0.1, 0.15) is 0 Å². The number of rotatable bonds is 18. The Morgan fingerprint density at radius 3 is 0.971 bits per heavy atom. The second-order valence-electron chi connectivity index (χ2n) is 10.3. The molecule has 0 atom stereocenters. The third-order valence-corrected chi connectivity index (χ3v) is 12.8. The Bertz CT molecular complexity index is 791. The van der Waals surface area contributed by atoms with E-state index in [9.17, 15) is 0 Å². The monoisotopic (exact) mass is 488 g/mol. The maximum absolute atomic E-state index is 2.38. The van der Waals surface area contributed by atoms with Crippen molar-refractivity contribution in [1.29, 1.82) is 0 Å². The first-order chi connectivity index (χ1) is 17.4. The molecule has 0 heterocycles. The molecule has 0 aliphatic heterocycles. The van der Waals surface area contributed by atoms with Crippen molar-refractivity contribution in [3.05, 3.63) is 91.0 Å². The van der Waals surface area contributed by atoms with Gasteiger partial charge in [-0.1, -0.05) is 26.2 Å². The first-order valence-corrected chi connectivity index (χ1v) is 16.7. The average molecular weight is 489 g/mol. The SMILES string of the molecule is CCCCCCCCCCCCCCCC[PH](c1ccccc1)(c1ccccc1)c1ccccc1. The van der Waals surface area contributed by atoms with Gasteiger partial charge in [-0.25, -0.2) is 0 Å². The van der Waals surface area contributed by atoms with Crippen LogP contribution in [-0.4, -0.2) is 6.16 Å². The standard InChI is InChI=1S/C34H49P/c1-2-3-4-5-6-7-8-9-10-11-12-13-14-24-31-35(32-25-18-15-19-26-32,33-27-20-16-21-28-33)34-29-22-17-23-30-34/h15-23,25-30,35H,2-14,24,31H2,1H3. The Balaban J connectivity index is 1.49. The molecule has 0 fully saturated rings. The number of unbranched alkanes of at least 4 members (excludes halogenated alkanes) is 13. The van der Waals surface area contributed by atoms with Crippen LogP contribution in [0.25, 0.3) is 0 Å². The normalized spacial score (nSPS) is 12.0. The Morgan fingerprint density at radius 1 is 0.371 bits per heavy atom. The molecular formula is C34H49P. The van der Waals surface area contributed by atoms with Crippen molar-refractivity contribution in [2.45, 2.75) is 96.8 Å². The molecule has 0 saturated heterocycles. The first kappa shape index (κ1) is 27.7. The summed E-state index contributed by atoms with van der Waals surface area (Å²) < 4.78 is 0. The van der Waals surface area contributed by atoms with E-state index in [1.165, 1.54) is 96.1 Å². The molecule has 190 valence electrons. The molecule has 0 aliphatic rings. The predicted molar refractivity (Wildman–Crippen MR) is 162 cm³/mol. The summed E-state index contributed by atoms with van der Waals surface area (Å²) >= 11 is 0. The second kappa shape index (κ2) is 16.7. The summed E-state index contributed by atoms with van der Waals surface area (Å²) in [4.78, 5) is 0. The Hall–Kier alpha value is -1.91. The minimum absolute atomic E-state index is 1.29. The molecule has 0 unspecified atom stereocenters. The van der Waals surface area contributed by atoms with Crippen molar-refractivity contribution >= 4 is 23.2 Å². The van der Waals surface area contributed by atoms with Gasteiger partial charge in [0, 0.05) is 0 Å². The van der Waals surface area contributed by atoms with Crippen LogP contribution in [0.3, 0.4) is 0 Å². The van der Waals surface area contributed by atoms with E-state index in [2.05, 4.69) is 97.9 Å². The van der Waals surface area contributed by atoms with Crippen LogP contribution in [0.5, 0.6) is 0 Å². The van der Waals surface area contributed by atoms with Gasteiger partial charge in [0.25, 0.3) is 0 Å². The van der Waals surface area contributed by atoms with Crippen molar-refractivity contribution in [2.75, 3.05) is 6.16 Å². The summed E-state index contributed by atoms with van der Waals surface area (Å²) in [6.45, 7) is 2.30. The molecule has 0 aromatic heterocycles. The molecule has 1 heteroatoms. The second-order valence-corrected chi connectivity index (χ2v) is 14.4. The summed E-state index contributed by atoms with van der Waals surface area (Å²) in [5.74, 6) is 0. The molecule has 0 nitrogen and oxygen atoms in total. The number of hydrogen-bond acceptors (Lipinski definition) is 0. The molecule has 35 heavy (non-hydrogen) atoms. The van der Waals surface area contributed by atoms with Crippen LogP contribution in [0.15, 0.2) is 91.0 Å². The van der Waals surface area contributed by atoms with Crippen LogP contribution in [0.4, 0.5) is 0 Å². The van der Waals surface area contributed by atoms with Gasteiger partial charge in [0.15, 0.2) is 0 Å². The molecule has 3 aromatic carbocycles. The van der Waals surface area contributed by atoms with Gasteiger partial charge in [0.05, 0.1) is 0 Å². The summed E-state index contributed by atoms with van der Waals surface area (Å²) in [5.41, 5.74) is 0. The van der Waals surface area contributed by atoms with E-state index < -0.39 is 7.26 Å². The van der Waals surface area contributed by atoms with Crippen LogP contribution in [0, 0.1) is 0 Å². The molecule has 3 aromatic rings. The first-order valence-electron chi connectivity index (χ1n) is 14.5. The topological polar surface area (TPSA) is 0 Å². The van der Waals surface area contributed by atoms with Crippen molar-refractivity contribution < 1.29 is 0 Å². The minimum atomic E-state index is -2.03. The average Bonchev–Trinajstić information content (AvgIpc) is 2.93. The zero-order valence-corrected chi connectivity index (χ0v) is 23.3. The quantitative estimate of drug-likeness (QED) is 0.124. The fourth-order valence-electron chi connectivity index (χ4n) is 5.69. The van der Waals surface area contributed by atoms with Crippen molar-refractivity contribution in [1.82, 2.24) is 0 Å². The van der Waals surface area contributed by atoms with E-state index in [1.807, 2.05) is 0 Å². The third-order valence-electron chi connectivity index (χ3n) is 7.71. The van der Waals surface area contributed by atoms with E-state index in [0.29, 0.717) is 0 Å². The number of hydrogen-bond donors (Lipinski definition) is 0.